The molecule has 1 fully saturated rings. The van der Waals surface area contributed by atoms with Crippen LogP contribution in [0.4, 0.5) is 10.1 Å². The summed E-state index contributed by atoms with van der Waals surface area (Å²) in [5.41, 5.74) is 4.40. The van der Waals surface area contributed by atoms with Crippen LogP contribution in [-0.4, -0.2) is 32.3 Å². The van der Waals surface area contributed by atoms with Crippen LogP contribution in [0.25, 0.3) is 0 Å². The lowest BCUT2D eigenvalue weighted by Gasteiger charge is -2.34. The number of aryl methyl sites for hydroxylation is 1. The van der Waals surface area contributed by atoms with E-state index in [1.54, 1.807) is 19.2 Å². The van der Waals surface area contributed by atoms with Crippen molar-refractivity contribution in [1.29, 1.82) is 0 Å². The molecule has 0 radical (unpaired) electrons. The monoisotopic (exact) mass is 488 g/mol. The summed E-state index contributed by atoms with van der Waals surface area (Å²) in [5.74, 6) is 1.60. The summed E-state index contributed by atoms with van der Waals surface area (Å²) in [6.07, 6.45) is 6.51. The van der Waals surface area contributed by atoms with E-state index in [-0.39, 0.29) is 18.0 Å². The summed E-state index contributed by atoms with van der Waals surface area (Å²) in [7, 11) is 1.70. The molecule has 0 saturated carbocycles. The zero-order chi connectivity index (χ0) is 24.9. The van der Waals surface area contributed by atoms with Gasteiger partial charge >= 0.3 is 0 Å². The van der Waals surface area contributed by atoms with E-state index < -0.39 is 0 Å². The zero-order valence-corrected chi connectivity index (χ0v) is 21.4. The highest BCUT2D eigenvalue weighted by atomic mass is 19.1. The number of rotatable bonds is 7. The van der Waals surface area contributed by atoms with E-state index in [0.29, 0.717) is 11.7 Å². The third-order valence-electron chi connectivity index (χ3n) is 7.68. The molecule has 0 spiro atoms. The number of nitrogens with zero attached hydrogens (tertiary/aromatic N) is 1. The fraction of sp³-hybridized carbons (Fsp3) is 0.419. The maximum absolute atomic E-state index is 15.0. The van der Waals surface area contributed by atoms with Gasteiger partial charge in [0.1, 0.15) is 23.4 Å². The van der Waals surface area contributed by atoms with E-state index in [4.69, 9.17) is 9.47 Å². The first-order valence-corrected chi connectivity index (χ1v) is 13.3. The highest BCUT2D eigenvalue weighted by molar-refractivity contribution is 5.53. The van der Waals surface area contributed by atoms with E-state index in [1.807, 2.05) is 18.2 Å². The minimum absolute atomic E-state index is 0.0300. The van der Waals surface area contributed by atoms with Gasteiger partial charge in [0.15, 0.2) is 0 Å². The SMILES string of the molecule is COc1ccc2c(c1)CCCN(c1ccccc1F)C2Cc1ccc(OC(C)C2CCCCN2)cc1. The van der Waals surface area contributed by atoms with Crippen molar-refractivity contribution in [2.45, 2.75) is 63.6 Å². The first kappa shape index (κ1) is 24.6. The van der Waals surface area contributed by atoms with Crippen molar-refractivity contribution >= 4 is 5.69 Å². The third-order valence-corrected chi connectivity index (χ3v) is 7.68. The Balaban J connectivity index is 1.40. The molecule has 1 saturated heterocycles. The molecule has 190 valence electrons. The fourth-order valence-corrected chi connectivity index (χ4v) is 5.71. The third kappa shape index (κ3) is 5.52. The van der Waals surface area contributed by atoms with Gasteiger partial charge in [0.2, 0.25) is 0 Å². The zero-order valence-electron chi connectivity index (χ0n) is 21.4. The molecule has 3 atom stereocenters. The topological polar surface area (TPSA) is 33.7 Å². The summed E-state index contributed by atoms with van der Waals surface area (Å²) in [5, 5.41) is 3.58. The Morgan fingerprint density at radius 1 is 1.00 bits per heavy atom. The summed E-state index contributed by atoms with van der Waals surface area (Å²) in [4.78, 5) is 2.24. The van der Waals surface area contributed by atoms with Crippen molar-refractivity contribution in [2.75, 3.05) is 25.1 Å². The maximum atomic E-state index is 15.0. The summed E-state index contributed by atoms with van der Waals surface area (Å²) in [6.45, 7) is 4.03. The van der Waals surface area contributed by atoms with E-state index in [9.17, 15) is 4.39 Å². The van der Waals surface area contributed by atoms with Crippen LogP contribution in [0.15, 0.2) is 66.7 Å². The second-order valence-electron chi connectivity index (χ2n) is 10.1. The molecule has 3 aromatic carbocycles. The van der Waals surface area contributed by atoms with Crippen molar-refractivity contribution in [1.82, 2.24) is 5.32 Å². The molecule has 2 aliphatic rings. The maximum Gasteiger partial charge on any atom is 0.146 e. The van der Waals surface area contributed by atoms with E-state index in [2.05, 4.69) is 53.5 Å². The standard InChI is InChI=1S/C31H37FN2O2/c1-22(29-10-5-6-18-33-29)36-25-14-12-23(13-15-25)20-31-27-17-16-26(35-2)21-24(27)8-7-19-34(31)30-11-4-3-9-28(30)32/h3-4,9,11-17,21-22,29,31,33H,5-8,10,18-20H2,1-2H3. The van der Waals surface area contributed by atoms with Crippen molar-refractivity contribution in [2.24, 2.45) is 0 Å². The van der Waals surface area contributed by atoms with E-state index in [0.717, 1.165) is 50.3 Å². The molecule has 0 amide bonds. The van der Waals surface area contributed by atoms with Crippen LogP contribution in [0.5, 0.6) is 11.5 Å². The molecule has 2 aliphatic heterocycles. The van der Waals surface area contributed by atoms with Gasteiger partial charge in [-0.3, -0.25) is 0 Å². The Kier molecular flexibility index (Phi) is 7.76. The smallest absolute Gasteiger partial charge is 0.146 e. The number of benzene rings is 3. The normalized spacial score (nSPS) is 20.8. The highest BCUT2D eigenvalue weighted by Crippen LogP contribution is 2.38. The molecule has 1 N–H and O–H groups in total. The van der Waals surface area contributed by atoms with Crippen molar-refractivity contribution < 1.29 is 13.9 Å². The van der Waals surface area contributed by atoms with Crippen molar-refractivity contribution in [3.05, 3.63) is 89.2 Å². The molecule has 4 nitrogen and oxygen atoms in total. The average molecular weight is 489 g/mol. The Hall–Kier alpha value is -3.05. The minimum Gasteiger partial charge on any atom is -0.497 e. The van der Waals surface area contributed by atoms with Crippen molar-refractivity contribution in [3.8, 4) is 11.5 Å². The molecule has 3 unspecified atom stereocenters. The van der Waals surface area contributed by atoms with Crippen LogP contribution in [0.1, 0.15) is 55.3 Å². The molecule has 0 aliphatic carbocycles. The van der Waals surface area contributed by atoms with Crippen LogP contribution >= 0.6 is 0 Å². The number of hydrogen-bond donors (Lipinski definition) is 1. The molecule has 0 aromatic heterocycles. The van der Waals surface area contributed by atoms with Crippen molar-refractivity contribution in [3.63, 3.8) is 0 Å². The van der Waals surface area contributed by atoms with Crippen LogP contribution in [0.3, 0.4) is 0 Å². The number of piperidine rings is 1. The van der Waals surface area contributed by atoms with E-state index >= 15 is 0 Å². The average Bonchev–Trinajstić information content (AvgIpc) is 3.09. The van der Waals surface area contributed by atoms with Gasteiger partial charge in [0.05, 0.1) is 18.8 Å². The molecule has 5 heteroatoms. The molecule has 5 rings (SSSR count). The van der Waals surface area contributed by atoms with Crippen LogP contribution in [-0.2, 0) is 12.8 Å². The molecular weight excluding hydrogens is 451 g/mol. The number of ether oxygens (including phenoxy) is 2. The number of methoxy groups -OCH3 is 1. The van der Waals surface area contributed by atoms with Gasteiger partial charge in [-0.15, -0.1) is 0 Å². The lowest BCUT2D eigenvalue weighted by Crippen LogP contribution is -2.44. The lowest BCUT2D eigenvalue weighted by molar-refractivity contribution is 0.152. The van der Waals surface area contributed by atoms with Gasteiger partial charge in [0, 0.05) is 12.6 Å². The first-order chi connectivity index (χ1) is 17.6. The van der Waals surface area contributed by atoms with Crippen LogP contribution in [0, 0.1) is 5.82 Å². The van der Waals surface area contributed by atoms with Gasteiger partial charge < -0.3 is 19.7 Å². The lowest BCUT2D eigenvalue weighted by atomic mass is 9.93. The van der Waals surface area contributed by atoms with Gasteiger partial charge in [0.25, 0.3) is 0 Å². The molecule has 3 aromatic rings. The number of halogens is 1. The van der Waals surface area contributed by atoms with Gasteiger partial charge in [-0.2, -0.15) is 0 Å². The predicted octanol–water partition coefficient (Wildman–Crippen LogP) is 6.48. The number of para-hydroxylation sites is 1. The van der Waals surface area contributed by atoms with Gasteiger partial charge in [-0.05, 0) is 98.7 Å². The van der Waals surface area contributed by atoms with Crippen LogP contribution < -0.4 is 19.7 Å². The molecular formula is C31H37FN2O2. The van der Waals surface area contributed by atoms with Gasteiger partial charge in [-0.1, -0.05) is 36.8 Å². The largest absolute Gasteiger partial charge is 0.497 e. The van der Waals surface area contributed by atoms with Crippen LogP contribution in [0.2, 0.25) is 0 Å². The highest BCUT2D eigenvalue weighted by Gasteiger charge is 2.28. The van der Waals surface area contributed by atoms with E-state index in [1.165, 1.54) is 29.5 Å². The number of hydrogen-bond acceptors (Lipinski definition) is 4. The predicted molar refractivity (Wildman–Crippen MR) is 144 cm³/mol. The Morgan fingerprint density at radius 3 is 2.56 bits per heavy atom. The Labute approximate surface area is 214 Å². The number of nitrogens with one attached hydrogen (secondary N) is 1. The minimum atomic E-state index is -0.173. The Bertz CT molecular complexity index is 1140. The second kappa shape index (κ2) is 11.3. The number of anilines is 1. The van der Waals surface area contributed by atoms with Gasteiger partial charge in [-0.25, -0.2) is 4.39 Å². The summed E-state index contributed by atoms with van der Waals surface area (Å²) < 4.78 is 26.7. The summed E-state index contributed by atoms with van der Waals surface area (Å²) >= 11 is 0. The second-order valence-corrected chi connectivity index (χ2v) is 10.1. The molecule has 2 heterocycles. The molecule has 0 bridgehead atoms. The summed E-state index contributed by atoms with van der Waals surface area (Å²) in [6, 6.07) is 22.4. The first-order valence-electron chi connectivity index (χ1n) is 13.3. The molecule has 36 heavy (non-hydrogen) atoms. The quantitative estimate of drug-likeness (QED) is 0.413. The fourth-order valence-electron chi connectivity index (χ4n) is 5.71. The number of fused-ring (bicyclic) bond motifs is 1. The Morgan fingerprint density at radius 2 is 1.81 bits per heavy atom.